The van der Waals surface area contributed by atoms with E-state index in [2.05, 4.69) is 48.4 Å². The van der Waals surface area contributed by atoms with Gasteiger partial charge in [0, 0.05) is 18.8 Å². The summed E-state index contributed by atoms with van der Waals surface area (Å²) in [5, 5.41) is 4.92. The molecule has 1 aliphatic rings. The van der Waals surface area contributed by atoms with Crippen LogP contribution in [-0.4, -0.2) is 11.0 Å². The van der Waals surface area contributed by atoms with E-state index in [0.29, 0.717) is 12.0 Å². The molecule has 1 heterocycles. The summed E-state index contributed by atoms with van der Waals surface area (Å²) >= 11 is 1.82. The maximum Gasteiger partial charge on any atom is 0.107 e. The largest absolute Gasteiger partial charge is 0.308 e. The van der Waals surface area contributed by atoms with Crippen LogP contribution in [0.5, 0.6) is 0 Å². The van der Waals surface area contributed by atoms with Gasteiger partial charge in [-0.2, -0.15) is 0 Å². The Bertz CT molecular complexity index is 592. The molecule has 0 unspecified atom stereocenters. The molecule has 1 saturated carbocycles. The smallest absolute Gasteiger partial charge is 0.107 e. The van der Waals surface area contributed by atoms with Crippen molar-refractivity contribution in [2.75, 3.05) is 0 Å². The molecule has 23 heavy (non-hydrogen) atoms. The summed E-state index contributed by atoms with van der Waals surface area (Å²) in [7, 11) is 0. The Kier molecular flexibility index (Phi) is 5.85. The van der Waals surface area contributed by atoms with E-state index >= 15 is 0 Å². The topological polar surface area (TPSA) is 24.9 Å². The number of hydrogen-bond donors (Lipinski definition) is 1. The van der Waals surface area contributed by atoms with Crippen LogP contribution in [0, 0.1) is 0 Å². The Hall–Kier alpha value is -1.19. The average Bonchev–Trinajstić information content (AvgIpc) is 2.88. The normalized spacial score (nSPS) is 16.7. The minimum Gasteiger partial charge on any atom is -0.308 e. The van der Waals surface area contributed by atoms with Crippen LogP contribution in [0.15, 0.2) is 30.5 Å². The van der Waals surface area contributed by atoms with Gasteiger partial charge >= 0.3 is 0 Å². The number of nitrogens with zero attached hydrogens (tertiary/aromatic N) is 1. The molecule has 1 fully saturated rings. The van der Waals surface area contributed by atoms with Crippen LogP contribution in [-0.2, 0) is 6.54 Å². The molecule has 0 atom stereocenters. The first kappa shape index (κ1) is 16.7. The second-order valence-corrected chi connectivity index (χ2v) is 8.08. The molecule has 0 aliphatic heterocycles. The standard InChI is InChI=1S/C20H28N2S/c1-15(2)16-9-11-17(12-10-16)19-13-22-20(23-19)14-21-18-7-5-3-4-6-8-18/h9-13,15,18,21H,3-8,14H2,1-2H3. The molecule has 0 amide bonds. The molecule has 0 radical (unpaired) electrons. The van der Waals surface area contributed by atoms with Crippen LogP contribution in [0.3, 0.4) is 0 Å². The summed E-state index contributed by atoms with van der Waals surface area (Å²) in [5.41, 5.74) is 2.68. The Morgan fingerprint density at radius 3 is 2.43 bits per heavy atom. The van der Waals surface area contributed by atoms with E-state index in [1.807, 2.05) is 17.5 Å². The van der Waals surface area contributed by atoms with Crippen LogP contribution in [0.2, 0.25) is 0 Å². The van der Waals surface area contributed by atoms with E-state index < -0.39 is 0 Å². The Balaban J connectivity index is 1.59. The van der Waals surface area contributed by atoms with Gasteiger partial charge in [-0.25, -0.2) is 4.98 Å². The van der Waals surface area contributed by atoms with Gasteiger partial charge in [0.25, 0.3) is 0 Å². The summed E-state index contributed by atoms with van der Waals surface area (Å²) in [6.45, 7) is 5.39. The lowest BCUT2D eigenvalue weighted by atomic mass is 10.0. The second kappa shape index (κ2) is 8.07. The van der Waals surface area contributed by atoms with Gasteiger partial charge in [0.05, 0.1) is 4.88 Å². The van der Waals surface area contributed by atoms with Gasteiger partial charge in [-0.1, -0.05) is 63.8 Å². The molecule has 3 rings (SSSR count). The number of nitrogens with one attached hydrogen (secondary N) is 1. The van der Waals surface area contributed by atoms with Crippen molar-refractivity contribution in [3.8, 4) is 10.4 Å². The maximum atomic E-state index is 4.61. The predicted molar refractivity (Wildman–Crippen MR) is 100.0 cm³/mol. The van der Waals surface area contributed by atoms with Crippen molar-refractivity contribution in [1.82, 2.24) is 10.3 Å². The van der Waals surface area contributed by atoms with Crippen LogP contribution < -0.4 is 5.32 Å². The molecule has 0 saturated heterocycles. The molecule has 0 bridgehead atoms. The zero-order chi connectivity index (χ0) is 16.1. The second-order valence-electron chi connectivity index (χ2n) is 6.96. The summed E-state index contributed by atoms with van der Waals surface area (Å²) in [5.74, 6) is 0.588. The molecule has 2 nitrogen and oxygen atoms in total. The van der Waals surface area contributed by atoms with Gasteiger partial charge in [0.2, 0.25) is 0 Å². The molecular formula is C20H28N2S. The highest BCUT2D eigenvalue weighted by molar-refractivity contribution is 7.15. The first-order chi connectivity index (χ1) is 11.2. The molecule has 2 aromatic rings. The van der Waals surface area contributed by atoms with Crippen molar-refractivity contribution < 1.29 is 0 Å². The molecular weight excluding hydrogens is 300 g/mol. The van der Waals surface area contributed by atoms with Crippen molar-refractivity contribution in [1.29, 1.82) is 0 Å². The monoisotopic (exact) mass is 328 g/mol. The van der Waals surface area contributed by atoms with E-state index in [1.54, 1.807) is 0 Å². The quantitative estimate of drug-likeness (QED) is 0.707. The summed E-state index contributed by atoms with van der Waals surface area (Å²) in [4.78, 5) is 5.89. The van der Waals surface area contributed by atoms with Crippen LogP contribution in [0.4, 0.5) is 0 Å². The fourth-order valence-corrected chi connectivity index (χ4v) is 4.15. The van der Waals surface area contributed by atoms with Gasteiger partial charge in [0.15, 0.2) is 0 Å². The first-order valence-corrected chi connectivity index (χ1v) is 9.82. The Morgan fingerprint density at radius 1 is 1.09 bits per heavy atom. The highest BCUT2D eigenvalue weighted by Crippen LogP contribution is 2.28. The number of hydrogen-bond acceptors (Lipinski definition) is 3. The summed E-state index contributed by atoms with van der Waals surface area (Å²) in [6, 6.07) is 9.62. The first-order valence-electron chi connectivity index (χ1n) is 9.01. The van der Waals surface area contributed by atoms with Crippen molar-refractivity contribution in [3.05, 3.63) is 41.0 Å². The predicted octanol–water partition coefficient (Wildman–Crippen LogP) is 5.75. The lowest BCUT2D eigenvalue weighted by molar-refractivity contribution is 0.458. The molecule has 124 valence electrons. The number of rotatable bonds is 5. The fourth-order valence-electron chi connectivity index (χ4n) is 3.27. The molecule has 0 spiro atoms. The van der Waals surface area contributed by atoms with Gasteiger partial charge in [-0.05, 0) is 29.9 Å². The third-order valence-corrected chi connectivity index (χ3v) is 5.86. The SMILES string of the molecule is CC(C)c1ccc(-c2cnc(CNC3CCCCCC3)s2)cc1. The van der Waals surface area contributed by atoms with E-state index in [0.717, 1.165) is 6.54 Å². The molecule has 3 heteroatoms. The van der Waals surface area contributed by atoms with Gasteiger partial charge < -0.3 is 5.32 Å². The van der Waals surface area contributed by atoms with E-state index in [-0.39, 0.29) is 0 Å². The fraction of sp³-hybridized carbons (Fsp3) is 0.550. The lowest BCUT2D eigenvalue weighted by Crippen LogP contribution is -2.27. The maximum absolute atomic E-state index is 4.61. The van der Waals surface area contributed by atoms with Crippen molar-refractivity contribution in [2.45, 2.75) is 70.9 Å². The Morgan fingerprint density at radius 2 is 1.78 bits per heavy atom. The molecule has 1 aromatic carbocycles. The van der Waals surface area contributed by atoms with Gasteiger partial charge in [-0.15, -0.1) is 11.3 Å². The third-order valence-electron chi connectivity index (χ3n) is 4.81. The minimum absolute atomic E-state index is 0.588. The van der Waals surface area contributed by atoms with E-state index in [1.165, 1.54) is 59.5 Å². The van der Waals surface area contributed by atoms with E-state index in [9.17, 15) is 0 Å². The van der Waals surface area contributed by atoms with Crippen LogP contribution in [0.25, 0.3) is 10.4 Å². The number of benzene rings is 1. The van der Waals surface area contributed by atoms with E-state index in [4.69, 9.17) is 0 Å². The number of thiazole rings is 1. The van der Waals surface area contributed by atoms with Gasteiger partial charge in [0.1, 0.15) is 5.01 Å². The van der Waals surface area contributed by atoms with Crippen molar-refractivity contribution in [2.24, 2.45) is 0 Å². The summed E-state index contributed by atoms with van der Waals surface area (Å²) in [6.07, 6.45) is 10.3. The zero-order valence-electron chi connectivity index (χ0n) is 14.3. The van der Waals surface area contributed by atoms with Crippen LogP contribution in [0.1, 0.15) is 68.9 Å². The third kappa shape index (κ3) is 4.65. The average molecular weight is 329 g/mol. The molecule has 1 N–H and O–H groups in total. The minimum atomic E-state index is 0.588. The van der Waals surface area contributed by atoms with Crippen LogP contribution >= 0.6 is 11.3 Å². The molecule has 1 aliphatic carbocycles. The highest BCUT2D eigenvalue weighted by Gasteiger charge is 2.12. The highest BCUT2D eigenvalue weighted by atomic mass is 32.1. The lowest BCUT2D eigenvalue weighted by Gasteiger charge is -2.14. The summed E-state index contributed by atoms with van der Waals surface area (Å²) < 4.78 is 0. The van der Waals surface area contributed by atoms with Crippen molar-refractivity contribution >= 4 is 11.3 Å². The van der Waals surface area contributed by atoms with Gasteiger partial charge in [-0.3, -0.25) is 0 Å². The molecule has 1 aromatic heterocycles. The number of aromatic nitrogens is 1. The Labute approximate surface area is 144 Å². The zero-order valence-corrected chi connectivity index (χ0v) is 15.2. The van der Waals surface area contributed by atoms with Crippen molar-refractivity contribution in [3.63, 3.8) is 0 Å².